The molecule has 10 heteroatoms. The summed E-state index contributed by atoms with van der Waals surface area (Å²) >= 11 is 3.35. The summed E-state index contributed by atoms with van der Waals surface area (Å²) in [5.74, 6) is -1.45. The highest BCUT2D eigenvalue weighted by atomic mass is 79.9. The van der Waals surface area contributed by atoms with Crippen LogP contribution in [0.2, 0.25) is 0 Å². The van der Waals surface area contributed by atoms with Gasteiger partial charge in [-0.3, -0.25) is 13.9 Å². The van der Waals surface area contributed by atoms with Gasteiger partial charge >= 0.3 is 0 Å². The number of nitrogens with zero attached hydrogens (tertiary/aromatic N) is 2. The molecule has 7 nitrogen and oxygen atoms in total. The molecule has 0 spiro atoms. The number of halogens is 2. The molecule has 0 saturated heterocycles. The van der Waals surface area contributed by atoms with Gasteiger partial charge in [-0.1, -0.05) is 83.7 Å². The van der Waals surface area contributed by atoms with E-state index in [-0.39, 0.29) is 30.5 Å². The molecule has 3 aromatic carbocycles. The van der Waals surface area contributed by atoms with Crippen molar-refractivity contribution in [2.75, 3.05) is 17.1 Å². The van der Waals surface area contributed by atoms with E-state index >= 15 is 0 Å². The average Bonchev–Trinajstić information content (AvgIpc) is 2.95. The van der Waals surface area contributed by atoms with Gasteiger partial charge in [0.15, 0.2) is 0 Å². The van der Waals surface area contributed by atoms with Crippen LogP contribution in [0.3, 0.4) is 0 Å². The Morgan fingerprint density at radius 2 is 1.59 bits per heavy atom. The fourth-order valence-corrected chi connectivity index (χ4v) is 6.24. The second-order valence-corrected chi connectivity index (χ2v) is 13.2. The van der Waals surface area contributed by atoms with Crippen molar-refractivity contribution in [3.05, 3.63) is 100 Å². The zero-order chi connectivity index (χ0) is 29.4. The van der Waals surface area contributed by atoms with Gasteiger partial charge < -0.3 is 10.2 Å². The second-order valence-electron chi connectivity index (χ2n) is 10.4. The first-order chi connectivity index (χ1) is 19.6. The van der Waals surface area contributed by atoms with Crippen LogP contribution in [0.1, 0.15) is 43.2 Å². The number of benzene rings is 3. The van der Waals surface area contributed by atoms with E-state index in [0.717, 1.165) is 52.7 Å². The van der Waals surface area contributed by atoms with Gasteiger partial charge in [0, 0.05) is 29.0 Å². The topological polar surface area (TPSA) is 86.8 Å². The normalized spacial score (nSPS) is 14.7. The molecule has 0 aliphatic heterocycles. The average molecular weight is 645 g/mol. The third kappa shape index (κ3) is 8.63. The Morgan fingerprint density at radius 1 is 0.951 bits per heavy atom. The third-order valence-corrected chi connectivity index (χ3v) is 8.98. The highest BCUT2D eigenvalue weighted by Gasteiger charge is 2.34. The molecule has 4 rings (SSSR count). The van der Waals surface area contributed by atoms with Crippen molar-refractivity contribution in [3.8, 4) is 0 Å². The van der Waals surface area contributed by atoms with E-state index in [1.807, 2.05) is 30.3 Å². The summed E-state index contributed by atoms with van der Waals surface area (Å²) in [5, 5.41) is 3.13. The number of carbonyl (C=O) groups is 2. The molecule has 1 fully saturated rings. The van der Waals surface area contributed by atoms with E-state index in [2.05, 4.69) is 21.2 Å². The molecule has 0 radical (unpaired) electrons. The number of rotatable bonds is 11. The quantitative estimate of drug-likeness (QED) is 0.301. The predicted octanol–water partition coefficient (Wildman–Crippen LogP) is 5.44. The summed E-state index contributed by atoms with van der Waals surface area (Å²) in [6, 6.07) is 21.0. The molecule has 3 aromatic rings. The molecular weight excluding hydrogens is 609 g/mol. The van der Waals surface area contributed by atoms with E-state index in [9.17, 15) is 22.4 Å². The van der Waals surface area contributed by atoms with Gasteiger partial charge in [0.05, 0.1) is 11.9 Å². The monoisotopic (exact) mass is 643 g/mol. The largest absolute Gasteiger partial charge is 0.352 e. The highest BCUT2D eigenvalue weighted by Crippen LogP contribution is 2.24. The van der Waals surface area contributed by atoms with Gasteiger partial charge in [0.1, 0.15) is 18.4 Å². The minimum Gasteiger partial charge on any atom is -0.352 e. The minimum absolute atomic E-state index is 0.00443. The second kappa shape index (κ2) is 14.1. The van der Waals surface area contributed by atoms with Crippen LogP contribution in [-0.2, 0) is 32.6 Å². The molecular formula is C31H35BrFN3O4S. The molecule has 1 saturated carbocycles. The lowest BCUT2D eigenvalue weighted by molar-refractivity contribution is -0.140. The van der Waals surface area contributed by atoms with E-state index < -0.39 is 34.3 Å². The van der Waals surface area contributed by atoms with Gasteiger partial charge in [-0.25, -0.2) is 12.8 Å². The Hall–Kier alpha value is -3.24. The van der Waals surface area contributed by atoms with E-state index in [0.29, 0.717) is 5.69 Å². The lowest BCUT2D eigenvalue weighted by Crippen LogP contribution is -2.55. The number of amides is 2. The lowest BCUT2D eigenvalue weighted by atomic mass is 9.94. The van der Waals surface area contributed by atoms with Crippen LogP contribution in [0.25, 0.3) is 0 Å². The predicted molar refractivity (Wildman–Crippen MR) is 162 cm³/mol. The maximum absolute atomic E-state index is 14.9. The standard InChI is InChI=1S/C31H35BrFN3O4S/c1-41(39,40)36(27-18-16-25(32)17-19-27)22-30(37)35(21-24-12-8-9-15-28(24)33)29(20-23-10-4-2-5-11-23)31(38)34-26-13-6-3-7-14-26/h2,4-5,8-12,15-19,26,29H,3,6-7,13-14,20-22H2,1H3,(H,34,38). The van der Waals surface area contributed by atoms with Crippen LogP contribution in [0.15, 0.2) is 83.3 Å². The summed E-state index contributed by atoms with van der Waals surface area (Å²) in [4.78, 5) is 29.3. The van der Waals surface area contributed by atoms with E-state index in [4.69, 9.17) is 0 Å². The highest BCUT2D eigenvalue weighted by molar-refractivity contribution is 9.10. The van der Waals surface area contributed by atoms with Crippen LogP contribution in [0.4, 0.5) is 10.1 Å². The van der Waals surface area contributed by atoms with Gasteiger partial charge in [-0.15, -0.1) is 0 Å². The Labute approximate surface area is 249 Å². The van der Waals surface area contributed by atoms with Crippen molar-refractivity contribution in [1.29, 1.82) is 0 Å². The Kier molecular flexibility index (Phi) is 10.6. The number of carbonyl (C=O) groups excluding carboxylic acids is 2. The van der Waals surface area contributed by atoms with Crippen LogP contribution in [0, 0.1) is 5.82 Å². The van der Waals surface area contributed by atoms with Gasteiger partial charge in [-0.05, 0) is 48.7 Å². The Morgan fingerprint density at radius 3 is 2.22 bits per heavy atom. The van der Waals surface area contributed by atoms with Gasteiger partial charge in [-0.2, -0.15) is 0 Å². The van der Waals surface area contributed by atoms with Crippen LogP contribution in [-0.4, -0.2) is 50.0 Å². The molecule has 41 heavy (non-hydrogen) atoms. The van der Waals surface area contributed by atoms with Crippen LogP contribution >= 0.6 is 15.9 Å². The summed E-state index contributed by atoms with van der Waals surface area (Å²) in [7, 11) is -3.87. The zero-order valence-corrected chi connectivity index (χ0v) is 25.4. The van der Waals surface area contributed by atoms with Crippen molar-refractivity contribution < 1.29 is 22.4 Å². The van der Waals surface area contributed by atoms with Crippen molar-refractivity contribution in [2.24, 2.45) is 0 Å². The first-order valence-electron chi connectivity index (χ1n) is 13.7. The number of sulfonamides is 1. The SMILES string of the molecule is CS(=O)(=O)N(CC(=O)N(Cc1ccccc1F)C(Cc1ccccc1)C(=O)NC1CCCCC1)c1ccc(Br)cc1. The van der Waals surface area contributed by atoms with Crippen molar-refractivity contribution in [2.45, 2.75) is 57.2 Å². The molecule has 218 valence electrons. The zero-order valence-electron chi connectivity index (χ0n) is 23.0. The summed E-state index contributed by atoms with van der Waals surface area (Å²) in [5.41, 5.74) is 1.37. The molecule has 0 aromatic heterocycles. The molecule has 2 amide bonds. The fraction of sp³-hybridized carbons (Fsp3) is 0.355. The van der Waals surface area contributed by atoms with Crippen molar-refractivity contribution in [1.82, 2.24) is 10.2 Å². The molecule has 1 aliphatic carbocycles. The van der Waals surface area contributed by atoms with Crippen LogP contribution < -0.4 is 9.62 Å². The molecule has 1 atom stereocenters. The first-order valence-corrected chi connectivity index (χ1v) is 16.4. The smallest absolute Gasteiger partial charge is 0.244 e. The van der Waals surface area contributed by atoms with Gasteiger partial charge in [0.25, 0.3) is 0 Å². The van der Waals surface area contributed by atoms with Crippen molar-refractivity contribution >= 4 is 43.5 Å². The van der Waals surface area contributed by atoms with Crippen molar-refractivity contribution in [3.63, 3.8) is 0 Å². The molecule has 1 unspecified atom stereocenters. The van der Waals surface area contributed by atoms with E-state index in [1.165, 1.54) is 11.0 Å². The van der Waals surface area contributed by atoms with Crippen LogP contribution in [0.5, 0.6) is 0 Å². The number of anilines is 1. The van der Waals surface area contributed by atoms with Gasteiger partial charge in [0.2, 0.25) is 21.8 Å². The lowest BCUT2D eigenvalue weighted by Gasteiger charge is -2.35. The first kappa shape index (κ1) is 30.7. The molecule has 0 bridgehead atoms. The fourth-order valence-electron chi connectivity index (χ4n) is 5.13. The Balaban J connectivity index is 1.72. The molecule has 1 N–H and O–H groups in total. The third-order valence-electron chi connectivity index (χ3n) is 7.31. The molecule has 0 heterocycles. The number of hydrogen-bond acceptors (Lipinski definition) is 4. The maximum atomic E-state index is 14.9. The Bertz CT molecular complexity index is 1430. The number of nitrogens with one attached hydrogen (secondary N) is 1. The molecule has 1 aliphatic rings. The summed E-state index contributed by atoms with van der Waals surface area (Å²) in [6.07, 6.45) is 6.09. The number of hydrogen-bond donors (Lipinski definition) is 1. The summed E-state index contributed by atoms with van der Waals surface area (Å²) < 4.78 is 42.3. The maximum Gasteiger partial charge on any atom is 0.244 e. The summed E-state index contributed by atoms with van der Waals surface area (Å²) in [6.45, 7) is -0.740. The van der Waals surface area contributed by atoms with E-state index in [1.54, 1.807) is 42.5 Å². The minimum atomic E-state index is -3.87.